The summed E-state index contributed by atoms with van der Waals surface area (Å²) in [6.07, 6.45) is 2.09. The van der Waals surface area contributed by atoms with E-state index in [0.717, 1.165) is 37.4 Å². The van der Waals surface area contributed by atoms with E-state index in [-0.39, 0.29) is 5.41 Å². The van der Waals surface area contributed by atoms with Crippen LogP contribution in [0.1, 0.15) is 31.7 Å². The largest absolute Gasteiger partial charge is 0.338 e. The van der Waals surface area contributed by atoms with Crippen molar-refractivity contribution in [3.05, 3.63) is 35.7 Å². The molecule has 2 heterocycles. The molecule has 19 heavy (non-hydrogen) atoms. The van der Waals surface area contributed by atoms with Gasteiger partial charge in [0.25, 0.3) is 0 Å². The second-order valence-corrected chi connectivity index (χ2v) is 5.46. The third-order valence-corrected chi connectivity index (χ3v) is 3.93. The third kappa shape index (κ3) is 2.28. The third-order valence-electron chi connectivity index (χ3n) is 3.93. The van der Waals surface area contributed by atoms with Gasteiger partial charge >= 0.3 is 0 Å². The molecule has 0 amide bonds. The van der Waals surface area contributed by atoms with Gasteiger partial charge in [0.2, 0.25) is 11.7 Å². The monoisotopic (exact) mass is 257 g/mol. The average molecular weight is 257 g/mol. The Hall–Kier alpha value is -1.68. The zero-order chi connectivity index (χ0) is 13.3. The first-order valence-corrected chi connectivity index (χ1v) is 6.85. The summed E-state index contributed by atoms with van der Waals surface area (Å²) in [6.45, 7) is 6.24. The van der Waals surface area contributed by atoms with Gasteiger partial charge in [-0.2, -0.15) is 4.98 Å². The lowest BCUT2D eigenvalue weighted by Gasteiger charge is -2.15. The van der Waals surface area contributed by atoms with Crippen LogP contribution in [0.5, 0.6) is 0 Å². The summed E-state index contributed by atoms with van der Waals surface area (Å²) in [6, 6.07) is 8.35. The molecule has 1 aromatic carbocycles. The predicted molar refractivity (Wildman–Crippen MR) is 74.0 cm³/mol. The molecule has 4 heteroatoms. The van der Waals surface area contributed by atoms with Crippen LogP contribution in [0.4, 0.5) is 0 Å². The number of hydrogen-bond donors (Lipinski definition) is 1. The minimum Gasteiger partial charge on any atom is -0.338 e. The van der Waals surface area contributed by atoms with E-state index in [1.54, 1.807) is 0 Å². The predicted octanol–water partition coefficient (Wildman–Crippen LogP) is 2.55. The van der Waals surface area contributed by atoms with Gasteiger partial charge in [-0.05, 0) is 31.9 Å². The molecule has 4 nitrogen and oxygen atoms in total. The van der Waals surface area contributed by atoms with E-state index < -0.39 is 0 Å². The number of nitrogens with zero attached hydrogens (tertiary/aromatic N) is 2. The van der Waals surface area contributed by atoms with Crippen LogP contribution in [0.2, 0.25) is 0 Å². The molecule has 1 aliphatic rings. The van der Waals surface area contributed by atoms with E-state index in [0.29, 0.717) is 5.82 Å². The van der Waals surface area contributed by atoms with Crippen LogP contribution in [0.15, 0.2) is 28.8 Å². The first-order valence-electron chi connectivity index (χ1n) is 6.85. The zero-order valence-electron chi connectivity index (χ0n) is 11.4. The van der Waals surface area contributed by atoms with E-state index in [9.17, 15) is 0 Å². The molecule has 0 spiro atoms. The molecule has 1 aromatic heterocycles. The lowest BCUT2D eigenvalue weighted by Crippen LogP contribution is -2.25. The summed E-state index contributed by atoms with van der Waals surface area (Å²) in [4.78, 5) is 4.57. The number of benzene rings is 1. The van der Waals surface area contributed by atoms with Crippen molar-refractivity contribution in [1.82, 2.24) is 15.5 Å². The van der Waals surface area contributed by atoms with Crippen LogP contribution >= 0.6 is 0 Å². The SMILES string of the molecule is CCc1ccc(-c2noc(C3(C)CCNC3)n2)cc1. The van der Waals surface area contributed by atoms with Crippen molar-refractivity contribution >= 4 is 0 Å². The highest BCUT2D eigenvalue weighted by atomic mass is 16.5. The second-order valence-electron chi connectivity index (χ2n) is 5.46. The average Bonchev–Trinajstić information content (AvgIpc) is 3.08. The number of rotatable bonds is 3. The smallest absolute Gasteiger partial charge is 0.234 e. The van der Waals surface area contributed by atoms with Crippen molar-refractivity contribution in [1.29, 1.82) is 0 Å². The standard InChI is InChI=1S/C15H19N3O/c1-3-11-4-6-12(7-5-11)13-17-14(19-18-13)15(2)8-9-16-10-15/h4-7,16H,3,8-10H2,1-2H3. The molecule has 1 unspecified atom stereocenters. The van der Waals surface area contributed by atoms with Crippen molar-refractivity contribution in [2.75, 3.05) is 13.1 Å². The Morgan fingerprint density at radius 1 is 1.32 bits per heavy atom. The Balaban J connectivity index is 1.87. The first-order chi connectivity index (χ1) is 9.21. The molecular formula is C15H19N3O. The van der Waals surface area contributed by atoms with Gasteiger partial charge in [0.1, 0.15) is 0 Å². The maximum Gasteiger partial charge on any atom is 0.234 e. The maximum absolute atomic E-state index is 5.46. The van der Waals surface area contributed by atoms with E-state index in [4.69, 9.17) is 4.52 Å². The van der Waals surface area contributed by atoms with Crippen molar-refractivity contribution in [2.24, 2.45) is 0 Å². The maximum atomic E-state index is 5.46. The van der Waals surface area contributed by atoms with Crippen LogP contribution in [-0.4, -0.2) is 23.2 Å². The van der Waals surface area contributed by atoms with Crippen LogP contribution in [0.3, 0.4) is 0 Å². The summed E-state index contributed by atoms with van der Waals surface area (Å²) in [7, 11) is 0. The molecule has 0 radical (unpaired) electrons. The molecule has 2 aromatic rings. The minimum absolute atomic E-state index is 0.0192. The van der Waals surface area contributed by atoms with Gasteiger partial charge in [-0.25, -0.2) is 0 Å². The second kappa shape index (κ2) is 4.78. The summed E-state index contributed by atoms with van der Waals surface area (Å²) in [5.41, 5.74) is 2.32. The number of hydrogen-bond acceptors (Lipinski definition) is 4. The van der Waals surface area contributed by atoms with Crippen molar-refractivity contribution in [3.63, 3.8) is 0 Å². The fraction of sp³-hybridized carbons (Fsp3) is 0.467. The van der Waals surface area contributed by atoms with Crippen LogP contribution in [-0.2, 0) is 11.8 Å². The zero-order valence-corrected chi connectivity index (χ0v) is 11.4. The molecular weight excluding hydrogens is 238 g/mol. The molecule has 0 bridgehead atoms. The van der Waals surface area contributed by atoms with Crippen molar-refractivity contribution in [3.8, 4) is 11.4 Å². The van der Waals surface area contributed by atoms with Gasteiger partial charge in [0.05, 0.1) is 5.41 Å². The quantitative estimate of drug-likeness (QED) is 0.918. The number of aromatic nitrogens is 2. The van der Waals surface area contributed by atoms with Gasteiger partial charge in [-0.15, -0.1) is 0 Å². The van der Waals surface area contributed by atoms with Crippen molar-refractivity contribution in [2.45, 2.75) is 32.1 Å². The van der Waals surface area contributed by atoms with Gasteiger partial charge in [-0.1, -0.05) is 36.3 Å². The Kier molecular flexibility index (Phi) is 3.11. The molecule has 1 atom stereocenters. The normalized spacial score (nSPS) is 22.8. The van der Waals surface area contributed by atoms with Gasteiger partial charge in [-0.3, -0.25) is 0 Å². The first kappa shape index (κ1) is 12.4. The fourth-order valence-electron chi connectivity index (χ4n) is 2.47. The summed E-state index contributed by atoms with van der Waals surface area (Å²) < 4.78 is 5.46. The fourth-order valence-corrected chi connectivity index (χ4v) is 2.47. The summed E-state index contributed by atoms with van der Waals surface area (Å²) in [5, 5.41) is 7.47. The lowest BCUT2D eigenvalue weighted by molar-refractivity contribution is 0.306. The highest BCUT2D eigenvalue weighted by Gasteiger charge is 2.36. The molecule has 100 valence electrons. The van der Waals surface area contributed by atoms with Gasteiger partial charge in [0, 0.05) is 12.1 Å². The molecule has 1 saturated heterocycles. The molecule has 3 rings (SSSR count). The lowest BCUT2D eigenvalue weighted by atomic mass is 9.90. The Morgan fingerprint density at radius 3 is 2.74 bits per heavy atom. The van der Waals surface area contributed by atoms with E-state index in [1.165, 1.54) is 5.56 Å². The van der Waals surface area contributed by atoms with E-state index in [1.807, 2.05) is 0 Å². The van der Waals surface area contributed by atoms with Crippen LogP contribution in [0, 0.1) is 0 Å². The Morgan fingerprint density at radius 2 is 2.11 bits per heavy atom. The topological polar surface area (TPSA) is 51.0 Å². The molecule has 1 fully saturated rings. The van der Waals surface area contributed by atoms with Gasteiger partial charge < -0.3 is 9.84 Å². The minimum atomic E-state index is -0.0192. The molecule has 1 aliphatic heterocycles. The molecule has 1 N–H and O–H groups in total. The van der Waals surface area contributed by atoms with Crippen LogP contribution < -0.4 is 5.32 Å². The van der Waals surface area contributed by atoms with Gasteiger partial charge in [0.15, 0.2) is 0 Å². The molecule has 0 aliphatic carbocycles. The summed E-state index contributed by atoms with van der Waals surface area (Å²) >= 11 is 0. The van der Waals surface area contributed by atoms with E-state index >= 15 is 0 Å². The van der Waals surface area contributed by atoms with Crippen LogP contribution in [0.25, 0.3) is 11.4 Å². The van der Waals surface area contributed by atoms with Crippen molar-refractivity contribution < 1.29 is 4.52 Å². The number of nitrogens with one attached hydrogen (secondary N) is 1. The highest BCUT2D eigenvalue weighted by Crippen LogP contribution is 2.30. The van der Waals surface area contributed by atoms with E-state index in [2.05, 4.69) is 53.6 Å². The highest BCUT2D eigenvalue weighted by molar-refractivity contribution is 5.54. The molecule has 0 saturated carbocycles. The summed E-state index contributed by atoms with van der Waals surface area (Å²) in [5.74, 6) is 1.43. The Bertz CT molecular complexity index is 553. The number of aryl methyl sites for hydroxylation is 1. The Labute approximate surface area is 113 Å².